The van der Waals surface area contributed by atoms with E-state index < -0.39 is 5.97 Å². The van der Waals surface area contributed by atoms with E-state index in [1.165, 1.54) is 0 Å². The molecule has 1 aromatic heterocycles. The predicted molar refractivity (Wildman–Crippen MR) is 82.8 cm³/mol. The van der Waals surface area contributed by atoms with Gasteiger partial charge in [-0.05, 0) is 53.5 Å². The van der Waals surface area contributed by atoms with E-state index in [2.05, 4.69) is 20.9 Å². The molecule has 0 spiro atoms. The van der Waals surface area contributed by atoms with Crippen molar-refractivity contribution >= 4 is 33.4 Å². The van der Waals surface area contributed by atoms with E-state index in [0.717, 1.165) is 11.3 Å². The number of carbonyl (C=O) groups is 1. The van der Waals surface area contributed by atoms with Crippen LogP contribution in [0.3, 0.4) is 0 Å². The van der Waals surface area contributed by atoms with Crippen molar-refractivity contribution in [2.45, 2.75) is 13.8 Å². The van der Waals surface area contributed by atoms with Crippen LogP contribution >= 0.6 is 15.9 Å². The Balaban J connectivity index is 2.55. The normalized spacial score (nSPS) is 10.3. The van der Waals surface area contributed by atoms with Crippen LogP contribution in [0.5, 0.6) is 0 Å². The summed E-state index contributed by atoms with van der Waals surface area (Å²) in [6.45, 7) is 4.61. The zero-order chi connectivity index (χ0) is 14.7. The minimum atomic E-state index is -0.986. The van der Waals surface area contributed by atoms with E-state index in [9.17, 15) is 9.90 Å². The van der Waals surface area contributed by atoms with Crippen molar-refractivity contribution < 1.29 is 9.90 Å². The number of hydrogen-bond donors (Lipinski definition) is 1. The van der Waals surface area contributed by atoms with Crippen LogP contribution in [-0.2, 0) is 0 Å². The Morgan fingerprint density at radius 2 is 2.15 bits per heavy atom. The summed E-state index contributed by atoms with van der Waals surface area (Å²) in [5, 5.41) is 9.35. The third-order valence-corrected chi connectivity index (χ3v) is 3.38. The fourth-order valence-electron chi connectivity index (χ4n) is 2.06. The molecule has 1 heterocycles. The molecule has 1 aromatic carbocycles. The molecule has 0 fully saturated rings. The van der Waals surface area contributed by atoms with Crippen LogP contribution in [0.2, 0.25) is 0 Å². The standard InChI is InChI=1S/C15H15BrN2O2/c1-3-18(12-6-4-5-10(2)7-12)14-13(15(19)20)8-11(16)9-17-14/h4-9H,3H2,1-2H3,(H,19,20). The maximum absolute atomic E-state index is 11.4. The first-order valence-electron chi connectivity index (χ1n) is 6.26. The van der Waals surface area contributed by atoms with Gasteiger partial charge in [-0.1, -0.05) is 12.1 Å². The Hall–Kier alpha value is -1.88. The predicted octanol–water partition coefficient (Wildman–Crippen LogP) is 4.01. The summed E-state index contributed by atoms with van der Waals surface area (Å²) in [5.74, 6) is -0.534. The Kier molecular flexibility index (Phi) is 4.39. The number of nitrogens with zero attached hydrogens (tertiary/aromatic N) is 2. The van der Waals surface area contributed by atoms with Gasteiger partial charge >= 0.3 is 5.97 Å². The molecule has 0 aliphatic carbocycles. The number of aromatic carboxylic acids is 1. The maximum atomic E-state index is 11.4. The lowest BCUT2D eigenvalue weighted by atomic mass is 10.2. The van der Waals surface area contributed by atoms with Crippen LogP contribution in [0.1, 0.15) is 22.8 Å². The van der Waals surface area contributed by atoms with Gasteiger partial charge in [0.1, 0.15) is 11.4 Å². The maximum Gasteiger partial charge on any atom is 0.339 e. The topological polar surface area (TPSA) is 53.4 Å². The molecule has 104 valence electrons. The summed E-state index contributed by atoms with van der Waals surface area (Å²) in [5.41, 5.74) is 2.24. The summed E-state index contributed by atoms with van der Waals surface area (Å²) < 4.78 is 0.652. The van der Waals surface area contributed by atoms with Gasteiger partial charge in [-0.15, -0.1) is 0 Å². The van der Waals surface area contributed by atoms with E-state index in [1.807, 2.05) is 43.0 Å². The van der Waals surface area contributed by atoms with Gasteiger partial charge < -0.3 is 10.0 Å². The molecule has 20 heavy (non-hydrogen) atoms. The first-order valence-corrected chi connectivity index (χ1v) is 7.05. The number of rotatable bonds is 4. The molecule has 0 atom stereocenters. The van der Waals surface area contributed by atoms with Crippen LogP contribution in [0.4, 0.5) is 11.5 Å². The molecule has 0 radical (unpaired) electrons. The van der Waals surface area contributed by atoms with Gasteiger partial charge in [-0.3, -0.25) is 0 Å². The average molecular weight is 335 g/mol. The molecule has 0 saturated carbocycles. The molecule has 4 nitrogen and oxygen atoms in total. The fourth-order valence-corrected chi connectivity index (χ4v) is 2.39. The first-order chi connectivity index (χ1) is 9.52. The van der Waals surface area contributed by atoms with Crippen molar-refractivity contribution in [3.05, 3.63) is 52.1 Å². The summed E-state index contributed by atoms with van der Waals surface area (Å²) in [7, 11) is 0. The second-order valence-electron chi connectivity index (χ2n) is 4.41. The number of anilines is 2. The van der Waals surface area contributed by atoms with Crippen molar-refractivity contribution in [2.24, 2.45) is 0 Å². The van der Waals surface area contributed by atoms with Gasteiger partial charge in [0.15, 0.2) is 0 Å². The van der Waals surface area contributed by atoms with E-state index in [-0.39, 0.29) is 5.56 Å². The number of pyridine rings is 1. The lowest BCUT2D eigenvalue weighted by Crippen LogP contribution is -2.20. The van der Waals surface area contributed by atoms with Gasteiger partial charge in [-0.25, -0.2) is 9.78 Å². The van der Waals surface area contributed by atoms with Crippen molar-refractivity contribution in [1.29, 1.82) is 0 Å². The van der Waals surface area contributed by atoms with Gasteiger partial charge in [0, 0.05) is 22.9 Å². The van der Waals surface area contributed by atoms with Crippen LogP contribution in [0.25, 0.3) is 0 Å². The molecule has 0 unspecified atom stereocenters. The molecule has 2 aromatic rings. The molecular weight excluding hydrogens is 320 g/mol. The van der Waals surface area contributed by atoms with Crippen molar-refractivity contribution in [3.63, 3.8) is 0 Å². The number of benzene rings is 1. The Morgan fingerprint density at radius 1 is 1.40 bits per heavy atom. The van der Waals surface area contributed by atoms with Crippen molar-refractivity contribution in [2.75, 3.05) is 11.4 Å². The molecule has 0 saturated heterocycles. The van der Waals surface area contributed by atoms with E-state index in [1.54, 1.807) is 12.3 Å². The largest absolute Gasteiger partial charge is 0.478 e. The molecule has 0 amide bonds. The third kappa shape index (κ3) is 2.99. The third-order valence-electron chi connectivity index (χ3n) is 2.95. The summed E-state index contributed by atoms with van der Waals surface area (Å²) in [6.07, 6.45) is 1.61. The summed E-state index contributed by atoms with van der Waals surface area (Å²) in [4.78, 5) is 17.6. The smallest absolute Gasteiger partial charge is 0.339 e. The van der Waals surface area contributed by atoms with Gasteiger partial charge in [0.05, 0.1) is 0 Å². The zero-order valence-electron chi connectivity index (χ0n) is 11.3. The SMILES string of the molecule is CCN(c1cccc(C)c1)c1ncc(Br)cc1C(=O)O. The lowest BCUT2D eigenvalue weighted by Gasteiger charge is -2.24. The number of aryl methyl sites for hydroxylation is 1. The highest BCUT2D eigenvalue weighted by Crippen LogP contribution is 2.28. The second-order valence-corrected chi connectivity index (χ2v) is 5.33. The second kappa shape index (κ2) is 6.05. The van der Waals surface area contributed by atoms with Crippen LogP contribution in [0.15, 0.2) is 41.0 Å². The van der Waals surface area contributed by atoms with Crippen molar-refractivity contribution in [3.8, 4) is 0 Å². The molecule has 0 aliphatic rings. The highest BCUT2D eigenvalue weighted by Gasteiger charge is 2.18. The lowest BCUT2D eigenvalue weighted by molar-refractivity contribution is 0.0697. The Bertz CT molecular complexity index is 644. The minimum Gasteiger partial charge on any atom is -0.478 e. The average Bonchev–Trinajstić information content (AvgIpc) is 2.41. The van der Waals surface area contributed by atoms with Crippen LogP contribution < -0.4 is 4.90 Å². The highest BCUT2D eigenvalue weighted by molar-refractivity contribution is 9.10. The summed E-state index contributed by atoms with van der Waals surface area (Å²) in [6, 6.07) is 9.49. The number of carboxylic acids is 1. The number of aromatic nitrogens is 1. The highest BCUT2D eigenvalue weighted by atomic mass is 79.9. The molecule has 1 N–H and O–H groups in total. The Morgan fingerprint density at radius 3 is 2.75 bits per heavy atom. The van der Waals surface area contributed by atoms with Crippen LogP contribution in [0, 0.1) is 6.92 Å². The Labute approximate surface area is 126 Å². The first kappa shape index (κ1) is 14.5. The van der Waals surface area contributed by atoms with E-state index in [4.69, 9.17) is 0 Å². The zero-order valence-corrected chi connectivity index (χ0v) is 12.9. The minimum absolute atomic E-state index is 0.183. The molecule has 5 heteroatoms. The monoisotopic (exact) mass is 334 g/mol. The molecule has 0 aliphatic heterocycles. The van der Waals surface area contributed by atoms with E-state index in [0.29, 0.717) is 16.8 Å². The molecular formula is C15H15BrN2O2. The quantitative estimate of drug-likeness (QED) is 0.917. The van der Waals surface area contributed by atoms with Gasteiger partial charge in [0.25, 0.3) is 0 Å². The number of carboxylic acid groups (broad SMARTS) is 1. The molecule has 0 bridgehead atoms. The number of halogens is 1. The number of hydrogen-bond acceptors (Lipinski definition) is 3. The van der Waals surface area contributed by atoms with Crippen molar-refractivity contribution in [1.82, 2.24) is 4.98 Å². The van der Waals surface area contributed by atoms with Crippen LogP contribution in [-0.4, -0.2) is 22.6 Å². The van der Waals surface area contributed by atoms with E-state index >= 15 is 0 Å². The summed E-state index contributed by atoms with van der Waals surface area (Å²) >= 11 is 3.26. The fraction of sp³-hybridized carbons (Fsp3) is 0.200. The van der Waals surface area contributed by atoms with Gasteiger partial charge in [-0.2, -0.15) is 0 Å². The molecule has 2 rings (SSSR count). The van der Waals surface area contributed by atoms with Gasteiger partial charge in [0.2, 0.25) is 0 Å².